The summed E-state index contributed by atoms with van der Waals surface area (Å²) < 4.78 is 10.9. The Labute approximate surface area is 171 Å². The Kier molecular flexibility index (Phi) is 7.19. The zero-order valence-corrected chi connectivity index (χ0v) is 16.5. The normalized spacial score (nSPS) is 11.6. The second-order valence-corrected chi connectivity index (χ2v) is 6.06. The Hall–Kier alpha value is -2.84. The van der Waals surface area contributed by atoms with Crippen molar-refractivity contribution in [2.45, 2.75) is 13.5 Å². The van der Waals surface area contributed by atoms with Crippen molar-refractivity contribution < 1.29 is 19.1 Å². The number of carbonyl (C=O) groups is 2. The highest BCUT2D eigenvalue weighted by atomic mass is 35.5. The van der Waals surface area contributed by atoms with Gasteiger partial charge in [0.05, 0.1) is 22.3 Å². The largest absolute Gasteiger partial charge is 0.490 e. The smallest absolute Gasteiger partial charge is 0.368 e. The number of benzene rings is 2. The molecule has 8 nitrogen and oxygen atoms in total. The fourth-order valence-electron chi connectivity index (χ4n) is 2.52. The Morgan fingerprint density at radius 2 is 1.93 bits per heavy atom. The van der Waals surface area contributed by atoms with Crippen LogP contribution in [0.25, 0.3) is 0 Å². The first-order valence-electron chi connectivity index (χ1n) is 8.18. The van der Waals surface area contributed by atoms with E-state index in [0.29, 0.717) is 34.6 Å². The lowest BCUT2D eigenvalue weighted by molar-refractivity contribution is -0.119. The van der Waals surface area contributed by atoms with Gasteiger partial charge in [0, 0.05) is 12.2 Å². The van der Waals surface area contributed by atoms with E-state index in [4.69, 9.17) is 26.8 Å². The number of amides is 3. The highest BCUT2D eigenvalue weighted by molar-refractivity contribution is 6.32. The van der Waals surface area contributed by atoms with Crippen molar-refractivity contribution in [2.75, 3.05) is 18.5 Å². The number of urea groups is 1. The molecule has 10 heteroatoms. The van der Waals surface area contributed by atoms with Gasteiger partial charge < -0.3 is 20.5 Å². The summed E-state index contributed by atoms with van der Waals surface area (Å²) in [7, 11) is 0. The van der Waals surface area contributed by atoms with E-state index >= 15 is 0 Å². The minimum absolute atomic E-state index is 0. The highest BCUT2D eigenvalue weighted by Gasteiger charge is 2.14. The van der Waals surface area contributed by atoms with Crippen LogP contribution in [-0.2, 0) is 11.3 Å². The molecule has 0 atom stereocenters. The van der Waals surface area contributed by atoms with Crippen LogP contribution in [0.15, 0.2) is 40.3 Å². The topological polar surface area (TPSA) is 115 Å². The van der Waals surface area contributed by atoms with E-state index in [2.05, 4.69) is 15.3 Å². The van der Waals surface area contributed by atoms with Gasteiger partial charge in [0.1, 0.15) is 0 Å². The van der Waals surface area contributed by atoms with Crippen molar-refractivity contribution in [3.05, 3.63) is 51.6 Å². The summed E-state index contributed by atoms with van der Waals surface area (Å²) >= 11 is 6.28. The summed E-state index contributed by atoms with van der Waals surface area (Å²) in [6.45, 7) is 2.39. The lowest BCUT2D eigenvalue weighted by Gasteiger charge is -2.15. The number of primary amides is 1. The third kappa shape index (κ3) is 5.11. The Bertz CT molecular complexity index is 1030. The molecule has 148 valence electrons. The standard InChI is InChI=1S/C18H17ClN4O4.ClH/c1-2-26-15-6-10(5-12(19)17(15)27-9-16(20)24)8-21-11-3-4-13-14(7-11)23-18(25)22-13;/h3-7,21H,2,8-9H2,1H3,(H2,20,24);1H. The van der Waals surface area contributed by atoms with Crippen molar-refractivity contribution in [1.29, 1.82) is 0 Å². The second-order valence-electron chi connectivity index (χ2n) is 5.66. The number of nitrogens with one attached hydrogen (secondary N) is 1. The minimum atomic E-state index is -0.605. The monoisotopic (exact) mass is 424 g/mol. The van der Waals surface area contributed by atoms with Gasteiger partial charge in [-0.15, -0.1) is 12.4 Å². The number of anilines is 1. The Morgan fingerprint density at radius 3 is 2.64 bits per heavy atom. The van der Waals surface area contributed by atoms with E-state index in [-0.39, 0.29) is 24.8 Å². The molecule has 3 rings (SSSR count). The molecule has 2 aromatic rings. The number of ether oxygens (including phenoxy) is 2. The zero-order valence-electron chi connectivity index (χ0n) is 14.9. The first-order valence-corrected chi connectivity index (χ1v) is 8.55. The molecule has 0 spiro atoms. The average Bonchev–Trinajstić information content (AvgIpc) is 2.98. The van der Waals surface area contributed by atoms with Crippen LogP contribution in [0.2, 0.25) is 5.02 Å². The van der Waals surface area contributed by atoms with Crippen LogP contribution < -0.4 is 31.2 Å². The molecule has 3 amide bonds. The second kappa shape index (κ2) is 9.38. The summed E-state index contributed by atoms with van der Waals surface area (Å²) in [6.07, 6.45) is 0. The highest BCUT2D eigenvalue weighted by Crippen LogP contribution is 2.36. The van der Waals surface area contributed by atoms with Gasteiger partial charge in [-0.1, -0.05) is 11.6 Å². The summed E-state index contributed by atoms with van der Waals surface area (Å²) in [5.74, 6) is 0.0976. The summed E-state index contributed by atoms with van der Waals surface area (Å²) in [5, 5.41) is 4.64. The fourth-order valence-corrected chi connectivity index (χ4v) is 2.81. The predicted molar refractivity (Wildman–Crippen MR) is 106 cm³/mol. The molecule has 0 saturated heterocycles. The van der Waals surface area contributed by atoms with Crippen molar-refractivity contribution in [1.82, 2.24) is 0 Å². The van der Waals surface area contributed by atoms with Crippen molar-refractivity contribution in [3.8, 4) is 11.5 Å². The van der Waals surface area contributed by atoms with Crippen LogP contribution in [0.4, 0.5) is 10.5 Å². The lowest BCUT2D eigenvalue weighted by atomic mass is 10.2. The maximum Gasteiger partial charge on any atom is 0.368 e. The first kappa shape index (κ1) is 21.5. The van der Waals surface area contributed by atoms with E-state index < -0.39 is 11.9 Å². The fraction of sp³-hybridized carbons (Fsp3) is 0.222. The lowest BCUT2D eigenvalue weighted by Crippen LogP contribution is -2.21. The van der Waals surface area contributed by atoms with E-state index in [1.807, 2.05) is 13.0 Å². The molecule has 1 aliphatic heterocycles. The van der Waals surface area contributed by atoms with Crippen LogP contribution >= 0.6 is 24.0 Å². The number of halogens is 2. The summed E-state index contributed by atoms with van der Waals surface area (Å²) in [4.78, 5) is 29.8. The van der Waals surface area contributed by atoms with Crippen LogP contribution in [0.3, 0.4) is 0 Å². The predicted octanol–water partition coefficient (Wildman–Crippen LogP) is 2.01. The minimum Gasteiger partial charge on any atom is -0.490 e. The number of fused-ring (bicyclic) bond motifs is 1. The number of nitrogens with zero attached hydrogens (tertiary/aromatic N) is 2. The van der Waals surface area contributed by atoms with Crippen molar-refractivity contribution >= 4 is 41.6 Å². The molecule has 0 fully saturated rings. The molecule has 0 aliphatic carbocycles. The molecule has 0 unspecified atom stereocenters. The number of rotatable bonds is 8. The molecule has 28 heavy (non-hydrogen) atoms. The number of carbonyl (C=O) groups excluding carboxylic acids is 2. The van der Waals surface area contributed by atoms with E-state index in [1.165, 1.54) is 0 Å². The molecule has 1 aliphatic rings. The average molecular weight is 425 g/mol. The molecule has 1 heterocycles. The molecule has 0 bridgehead atoms. The summed E-state index contributed by atoms with van der Waals surface area (Å²) in [6, 6.07) is 8.28. The van der Waals surface area contributed by atoms with Gasteiger partial charge in [-0.05, 0) is 42.8 Å². The van der Waals surface area contributed by atoms with Gasteiger partial charge in [0.15, 0.2) is 18.1 Å². The van der Waals surface area contributed by atoms with E-state index in [9.17, 15) is 9.59 Å². The number of nitrogens with two attached hydrogens (primary N) is 1. The van der Waals surface area contributed by atoms with Gasteiger partial charge in [-0.2, -0.15) is 9.98 Å². The quantitative estimate of drug-likeness (QED) is 0.672. The third-order valence-corrected chi connectivity index (χ3v) is 3.91. The van der Waals surface area contributed by atoms with Crippen molar-refractivity contribution in [2.24, 2.45) is 15.7 Å². The molecular weight excluding hydrogens is 407 g/mol. The zero-order chi connectivity index (χ0) is 19.4. The maximum atomic E-state index is 11.2. The summed E-state index contributed by atoms with van der Waals surface area (Å²) in [5.41, 5.74) is 6.73. The van der Waals surface area contributed by atoms with Gasteiger partial charge in [0.25, 0.3) is 5.91 Å². The number of hydrogen-bond donors (Lipinski definition) is 2. The van der Waals surface area contributed by atoms with E-state index in [1.54, 1.807) is 24.3 Å². The van der Waals surface area contributed by atoms with Gasteiger partial charge in [0.2, 0.25) is 0 Å². The first-order chi connectivity index (χ1) is 13.0. The van der Waals surface area contributed by atoms with E-state index in [0.717, 1.165) is 11.3 Å². The molecule has 2 aromatic carbocycles. The van der Waals surface area contributed by atoms with Crippen LogP contribution in [0.5, 0.6) is 11.5 Å². The Balaban J connectivity index is 0.00000280. The van der Waals surface area contributed by atoms with Crippen LogP contribution in [0.1, 0.15) is 12.5 Å². The van der Waals surface area contributed by atoms with Gasteiger partial charge >= 0.3 is 6.03 Å². The van der Waals surface area contributed by atoms with Crippen molar-refractivity contribution in [3.63, 3.8) is 0 Å². The Morgan fingerprint density at radius 1 is 1.18 bits per heavy atom. The maximum absolute atomic E-state index is 11.2. The molecule has 3 N–H and O–H groups in total. The third-order valence-electron chi connectivity index (χ3n) is 3.63. The number of hydrogen-bond acceptors (Lipinski definition) is 5. The van der Waals surface area contributed by atoms with Crippen LogP contribution in [-0.4, -0.2) is 25.2 Å². The SMILES string of the molecule is CCOc1cc(CNc2ccc3c(c2)=NC(=O)N=3)cc(Cl)c1OCC(N)=O.Cl. The molecule has 0 saturated carbocycles. The molecule has 0 radical (unpaired) electrons. The van der Waals surface area contributed by atoms with Gasteiger partial charge in [-0.25, -0.2) is 4.79 Å². The molecule has 0 aromatic heterocycles. The molecular formula is C18H18Cl2N4O4. The van der Waals surface area contributed by atoms with Crippen LogP contribution in [0, 0.1) is 0 Å². The van der Waals surface area contributed by atoms with Gasteiger partial charge in [-0.3, -0.25) is 4.79 Å².